The summed E-state index contributed by atoms with van der Waals surface area (Å²) in [4.78, 5) is 31.5. The zero-order chi connectivity index (χ0) is 23.8. The lowest BCUT2D eigenvalue weighted by Crippen LogP contribution is -2.47. The molecule has 0 bridgehead atoms. The van der Waals surface area contributed by atoms with Crippen LogP contribution in [0.1, 0.15) is 19.8 Å². The van der Waals surface area contributed by atoms with Gasteiger partial charge in [0, 0.05) is 38.2 Å². The Bertz CT molecular complexity index is 943. The fraction of sp³-hybridized carbons (Fsp3) is 0.435. The summed E-state index contributed by atoms with van der Waals surface area (Å²) in [6.07, 6.45) is -3.77. The van der Waals surface area contributed by atoms with Crippen LogP contribution in [-0.4, -0.2) is 67.3 Å². The third kappa shape index (κ3) is 8.05. The molecule has 10 heteroatoms. The number of hydrogen-bond donors (Lipinski definition) is 0. The van der Waals surface area contributed by atoms with Gasteiger partial charge in [-0.05, 0) is 56.3 Å². The molecule has 0 amide bonds. The Balaban J connectivity index is 1.49. The Morgan fingerprint density at radius 2 is 1.73 bits per heavy atom. The number of carbonyl (C=O) groups is 2. The van der Waals surface area contributed by atoms with Crippen molar-refractivity contribution in [1.29, 1.82) is 0 Å². The van der Waals surface area contributed by atoms with Gasteiger partial charge < -0.3 is 14.4 Å². The summed E-state index contributed by atoms with van der Waals surface area (Å²) in [5, 5.41) is 0. The predicted molar refractivity (Wildman–Crippen MR) is 116 cm³/mol. The summed E-state index contributed by atoms with van der Waals surface area (Å²) >= 11 is 0. The minimum absolute atomic E-state index is 0.172. The second-order valence-electron chi connectivity index (χ2n) is 7.75. The van der Waals surface area contributed by atoms with Crippen LogP contribution in [0, 0.1) is 0 Å². The first-order valence-electron chi connectivity index (χ1n) is 10.7. The molecule has 1 aliphatic heterocycles. The number of alkyl halides is 3. The van der Waals surface area contributed by atoms with Gasteiger partial charge in [-0.15, -0.1) is 13.2 Å². The maximum Gasteiger partial charge on any atom is 0.573 e. The first-order valence-corrected chi connectivity index (χ1v) is 10.7. The molecule has 2 aromatic rings. The predicted octanol–water partition coefficient (Wildman–Crippen LogP) is 3.68. The molecule has 1 aromatic carbocycles. The van der Waals surface area contributed by atoms with Crippen molar-refractivity contribution >= 4 is 17.6 Å². The molecule has 7 nitrogen and oxygen atoms in total. The van der Waals surface area contributed by atoms with Crippen molar-refractivity contribution in [2.24, 2.45) is 0 Å². The third-order valence-corrected chi connectivity index (χ3v) is 5.11. The Hall–Kier alpha value is -3.14. The molecule has 178 valence electrons. The number of hydrogen-bond acceptors (Lipinski definition) is 7. The minimum atomic E-state index is -4.72. The molecule has 0 saturated carbocycles. The first kappa shape index (κ1) is 24.5. The highest BCUT2D eigenvalue weighted by Gasteiger charge is 2.31. The van der Waals surface area contributed by atoms with Crippen LogP contribution in [0.4, 0.5) is 19.0 Å². The van der Waals surface area contributed by atoms with Gasteiger partial charge in [-0.25, -0.2) is 4.98 Å². The Morgan fingerprint density at radius 3 is 2.36 bits per heavy atom. The topological polar surface area (TPSA) is 72.0 Å². The second kappa shape index (κ2) is 11.1. The number of anilines is 1. The lowest BCUT2D eigenvalue weighted by molar-refractivity contribution is -0.274. The van der Waals surface area contributed by atoms with Crippen molar-refractivity contribution in [2.45, 2.75) is 26.1 Å². The highest BCUT2D eigenvalue weighted by Crippen LogP contribution is 2.27. The zero-order valence-electron chi connectivity index (χ0n) is 18.3. The summed E-state index contributed by atoms with van der Waals surface area (Å²) in [6.45, 7) is 5.14. The molecule has 0 radical (unpaired) electrons. The summed E-state index contributed by atoms with van der Waals surface area (Å²) in [5.41, 5.74) is 1.36. The number of aromatic nitrogens is 1. The number of Topliss-reactive ketones (excluding diaryl/α,β-unsaturated/α-hetero) is 1. The maximum atomic E-state index is 12.3. The SMILES string of the molecule is CC(=O)COC(=O)CCCN1CCN(c2cccc(-c3ccc(OC(F)(F)F)cc3)n2)CC1. The number of rotatable bonds is 9. The highest BCUT2D eigenvalue weighted by molar-refractivity contribution is 5.80. The second-order valence-corrected chi connectivity index (χ2v) is 7.75. The van der Waals surface area contributed by atoms with E-state index in [1.54, 1.807) is 12.1 Å². The largest absolute Gasteiger partial charge is 0.573 e. The van der Waals surface area contributed by atoms with E-state index in [9.17, 15) is 22.8 Å². The van der Waals surface area contributed by atoms with Crippen LogP contribution in [-0.2, 0) is 14.3 Å². The molecule has 0 spiro atoms. The monoisotopic (exact) mass is 465 g/mol. The molecule has 3 rings (SSSR count). The van der Waals surface area contributed by atoms with Crippen LogP contribution in [0.3, 0.4) is 0 Å². The number of piperazine rings is 1. The van der Waals surface area contributed by atoms with E-state index in [2.05, 4.69) is 19.5 Å². The molecule has 1 fully saturated rings. The number of nitrogens with zero attached hydrogens (tertiary/aromatic N) is 3. The number of benzene rings is 1. The van der Waals surface area contributed by atoms with E-state index in [0.717, 1.165) is 38.5 Å². The average Bonchev–Trinajstić information content (AvgIpc) is 2.78. The van der Waals surface area contributed by atoms with E-state index in [-0.39, 0.29) is 30.5 Å². The van der Waals surface area contributed by atoms with E-state index in [1.807, 2.05) is 18.2 Å². The van der Waals surface area contributed by atoms with E-state index >= 15 is 0 Å². The fourth-order valence-electron chi connectivity index (χ4n) is 3.49. The standard InChI is InChI=1S/C23H26F3N3O4/c1-17(30)16-32-22(31)6-3-11-28-12-14-29(15-13-28)21-5-2-4-20(27-21)18-7-9-19(10-8-18)33-23(24,25)26/h2,4-5,7-10H,3,6,11-16H2,1H3. The van der Waals surface area contributed by atoms with Crippen LogP contribution in [0.25, 0.3) is 11.3 Å². The third-order valence-electron chi connectivity index (χ3n) is 5.11. The van der Waals surface area contributed by atoms with Gasteiger partial charge in [-0.2, -0.15) is 0 Å². The van der Waals surface area contributed by atoms with E-state index in [0.29, 0.717) is 17.7 Å². The van der Waals surface area contributed by atoms with Gasteiger partial charge in [-0.1, -0.05) is 6.07 Å². The summed E-state index contributed by atoms with van der Waals surface area (Å²) in [7, 11) is 0. The smallest absolute Gasteiger partial charge is 0.458 e. The van der Waals surface area contributed by atoms with Gasteiger partial charge in [0.25, 0.3) is 0 Å². The van der Waals surface area contributed by atoms with Crippen molar-refractivity contribution in [3.8, 4) is 17.0 Å². The van der Waals surface area contributed by atoms with E-state index < -0.39 is 6.36 Å². The van der Waals surface area contributed by atoms with Crippen molar-refractivity contribution in [3.05, 3.63) is 42.5 Å². The van der Waals surface area contributed by atoms with Crippen molar-refractivity contribution in [3.63, 3.8) is 0 Å². The molecule has 0 N–H and O–H groups in total. The van der Waals surface area contributed by atoms with Gasteiger partial charge in [0.2, 0.25) is 0 Å². The summed E-state index contributed by atoms with van der Waals surface area (Å²) < 4.78 is 45.8. The number of ketones is 1. The minimum Gasteiger partial charge on any atom is -0.458 e. The maximum absolute atomic E-state index is 12.3. The van der Waals surface area contributed by atoms with Gasteiger partial charge in [0.15, 0.2) is 5.78 Å². The molecule has 1 aromatic heterocycles. The number of pyridine rings is 1. The molecule has 0 unspecified atom stereocenters. The average molecular weight is 465 g/mol. The van der Waals surface area contributed by atoms with Crippen molar-refractivity contribution in [2.75, 3.05) is 44.2 Å². The number of carbonyl (C=O) groups excluding carboxylic acids is 2. The fourth-order valence-corrected chi connectivity index (χ4v) is 3.49. The van der Waals surface area contributed by atoms with E-state index in [4.69, 9.17) is 4.74 Å². The van der Waals surface area contributed by atoms with Gasteiger partial charge in [0.1, 0.15) is 18.2 Å². The van der Waals surface area contributed by atoms with Gasteiger partial charge in [-0.3, -0.25) is 14.5 Å². The highest BCUT2D eigenvalue weighted by atomic mass is 19.4. The van der Waals surface area contributed by atoms with E-state index in [1.165, 1.54) is 19.1 Å². The first-order chi connectivity index (χ1) is 15.7. The van der Waals surface area contributed by atoms with Crippen LogP contribution in [0.15, 0.2) is 42.5 Å². The summed E-state index contributed by atoms with van der Waals surface area (Å²) in [5.74, 6) is -0.00583. The molecule has 33 heavy (non-hydrogen) atoms. The lowest BCUT2D eigenvalue weighted by Gasteiger charge is -2.35. The van der Waals surface area contributed by atoms with Crippen molar-refractivity contribution in [1.82, 2.24) is 9.88 Å². The number of esters is 1. The van der Waals surface area contributed by atoms with Crippen LogP contribution < -0.4 is 9.64 Å². The Labute approximate surface area is 190 Å². The zero-order valence-corrected chi connectivity index (χ0v) is 18.3. The van der Waals surface area contributed by atoms with Crippen LogP contribution in [0.2, 0.25) is 0 Å². The summed E-state index contributed by atoms with van der Waals surface area (Å²) in [6, 6.07) is 11.2. The Kier molecular flexibility index (Phi) is 8.26. The Morgan fingerprint density at radius 1 is 1.03 bits per heavy atom. The molecule has 1 saturated heterocycles. The molecule has 0 aliphatic carbocycles. The lowest BCUT2D eigenvalue weighted by atomic mass is 10.1. The van der Waals surface area contributed by atoms with Crippen LogP contribution >= 0.6 is 0 Å². The van der Waals surface area contributed by atoms with Gasteiger partial charge in [0.05, 0.1) is 5.69 Å². The molecular formula is C23H26F3N3O4. The molecule has 2 heterocycles. The molecular weight excluding hydrogens is 439 g/mol. The van der Waals surface area contributed by atoms with Gasteiger partial charge >= 0.3 is 12.3 Å². The molecule has 1 aliphatic rings. The van der Waals surface area contributed by atoms with Crippen LogP contribution in [0.5, 0.6) is 5.75 Å². The number of halogens is 3. The normalized spacial score (nSPS) is 14.7. The van der Waals surface area contributed by atoms with Crippen molar-refractivity contribution < 1.29 is 32.2 Å². The number of ether oxygens (including phenoxy) is 2. The quantitative estimate of drug-likeness (QED) is 0.523. The molecule has 0 atom stereocenters.